The Labute approximate surface area is 112 Å². The molecule has 96 valence electrons. The zero-order valence-electron chi connectivity index (χ0n) is 10.8. The van der Waals surface area contributed by atoms with E-state index < -0.39 is 0 Å². The number of benzene rings is 1. The second kappa shape index (κ2) is 6.52. The number of methoxy groups -OCH3 is 1. The van der Waals surface area contributed by atoms with Gasteiger partial charge < -0.3 is 10.1 Å². The number of hydrogen-bond acceptors (Lipinski definition) is 4. The third-order valence-corrected chi connectivity index (χ3v) is 3.61. The van der Waals surface area contributed by atoms with Crippen LogP contribution in [-0.2, 0) is 6.42 Å². The molecule has 0 unspecified atom stereocenters. The fourth-order valence-corrected chi connectivity index (χ4v) is 2.58. The summed E-state index contributed by atoms with van der Waals surface area (Å²) in [6.07, 6.45) is 0.980. The van der Waals surface area contributed by atoms with Gasteiger partial charge in [0.05, 0.1) is 17.8 Å². The number of para-hydroxylation sites is 1. The number of hydrogen-bond donors (Lipinski definition) is 1. The minimum absolute atomic E-state index is 0.876. The molecule has 0 spiro atoms. The molecular weight excluding hydrogens is 244 g/mol. The van der Waals surface area contributed by atoms with Gasteiger partial charge in [-0.1, -0.05) is 19.1 Å². The Hall–Kier alpha value is -1.39. The van der Waals surface area contributed by atoms with Gasteiger partial charge in [-0.2, -0.15) is 0 Å². The quantitative estimate of drug-likeness (QED) is 0.813. The molecule has 0 saturated heterocycles. The second-order valence-electron chi connectivity index (χ2n) is 3.93. The van der Waals surface area contributed by atoms with Gasteiger partial charge in [0, 0.05) is 23.9 Å². The lowest BCUT2D eigenvalue weighted by molar-refractivity contribution is 0.416. The summed E-state index contributed by atoms with van der Waals surface area (Å²) < 4.78 is 5.36. The smallest absolute Gasteiger partial charge is 0.128 e. The van der Waals surface area contributed by atoms with Crippen molar-refractivity contribution in [3.05, 3.63) is 34.7 Å². The summed E-state index contributed by atoms with van der Waals surface area (Å²) in [5.74, 6) is 0.876. The summed E-state index contributed by atoms with van der Waals surface area (Å²) >= 11 is 1.71. The molecule has 1 aromatic heterocycles. The Morgan fingerprint density at radius 1 is 1.33 bits per heavy atom. The molecule has 0 aliphatic heterocycles. The average Bonchev–Trinajstić information content (AvgIpc) is 2.88. The summed E-state index contributed by atoms with van der Waals surface area (Å²) in [4.78, 5) is 4.66. The van der Waals surface area contributed by atoms with Crippen LogP contribution < -0.4 is 10.1 Å². The van der Waals surface area contributed by atoms with E-state index in [1.54, 1.807) is 18.4 Å². The van der Waals surface area contributed by atoms with Crippen LogP contribution in [0.15, 0.2) is 29.6 Å². The lowest BCUT2D eigenvalue weighted by Crippen LogP contribution is -2.15. The number of thiazole rings is 1. The van der Waals surface area contributed by atoms with Crippen LogP contribution in [0.1, 0.15) is 11.9 Å². The Kier molecular flexibility index (Phi) is 4.73. The van der Waals surface area contributed by atoms with Gasteiger partial charge in [-0.15, -0.1) is 11.3 Å². The van der Waals surface area contributed by atoms with Crippen LogP contribution in [0.25, 0.3) is 11.3 Å². The molecule has 0 saturated carbocycles. The molecule has 18 heavy (non-hydrogen) atoms. The maximum Gasteiger partial charge on any atom is 0.128 e. The number of nitrogens with zero attached hydrogens (tertiary/aromatic N) is 1. The van der Waals surface area contributed by atoms with Crippen molar-refractivity contribution in [2.75, 3.05) is 20.2 Å². The molecule has 3 nitrogen and oxygen atoms in total. The van der Waals surface area contributed by atoms with Crippen molar-refractivity contribution in [1.82, 2.24) is 10.3 Å². The summed E-state index contributed by atoms with van der Waals surface area (Å²) in [5, 5.41) is 6.57. The van der Waals surface area contributed by atoms with Crippen LogP contribution >= 0.6 is 11.3 Å². The molecular formula is C14H18N2OS. The van der Waals surface area contributed by atoms with Gasteiger partial charge in [0.1, 0.15) is 5.75 Å². The SMILES string of the molecule is CCNCCc1nc(-c2ccccc2OC)cs1. The van der Waals surface area contributed by atoms with E-state index in [0.717, 1.165) is 41.5 Å². The molecule has 0 atom stereocenters. The normalized spacial score (nSPS) is 10.6. The Morgan fingerprint density at radius 3 is 2.94 bits per heavy atom. The number of nitrogens with one attached hydrogen (secondary N) is 1. The van der Waals surface area contributed by atoms with Gasteiger partial charge >= 0.3 is 0 Å². The summed E-state index contributed by atoms with van der Waals surface area (Å²) in [7, 11) is 1.69. The van der Waals surface area contributed by atoms with Crippen LogP contribution in [-0.4, -0.2) is 25.2 Å². The van der Waals surface area contributed by atoms with Crippen LogP contribution in [0.5, 0.6) is 5.75 Å². The molecule has 1 aromatic carbocycles. The van der Waals surface area contributed by atoms with E-state index in [1.807, 2.05) is 24.3 Å². The van der Waals surface area contributed by atoms with Gasteiger partial charge in [0.2, 0.25) is 0 Å². The standard InChI is InChI=1S/C14H18N2OS/c1-3-15-9-8-14-16-12(10-18-14)11-6-4-5-7-13(11)17-2/h4-7,10,15H,3,8-9H2,1-2H3. The highest BCUT2D eigenvalue weighted by Crippen LogP contribution is 2.30. The van der Waals surface area contributed by atoms with Gasteiger partial charge in [-0.3, -0.25) is 0 Å². The van der Waals surface area contributed by atoms with Crippen LogP contribution in [0.2, 0.25) is 0 Å². The van der Waals surface area contributed by atoms with Crippen molar-refractivity contribution >= 4 is 11.3 Å². The summed E-state index contributed by atoms with van der Waals surface area (Å²) in [5.41, 5.74) is 2.06. The second-order valence-corrected chi connectivity index (χ2v) is 4.87. The van der Waals surface area contributed by atoms with Gasteiger partial charge in [0.15, 0.2) is 0 Å². The molecule has 0 fully saturated rings. The first-order valence-corrected chi connectivity index (χ1v) is 7.01. The van der Waals surface area contributed by atoms with Crippen LogP contribution in [0.3, 0.4) is 0 Å². The first kappa shape index (κ1) is 13.1. The molecule has 0 amide bonds. The number of rotatable bonds is 6. The van der Waals surface area contributed by atoms with E-state index in [0.29, 0.717) is 0 Å². The number of aromatic nitrogens is 1. The monoisotopic (exact) mass is 262 g/mol. The van der Waals surface area contributed by atoms with Gasteiger partial charge in [-0.05, 0) is 18.7 Å². The molecule has 4 heteroatoms. The van der Waals surface area contributed by atoms with Gasteiger partial charge in [-0.25, -0.2) is 4.98 Å². The highest BCUT2D eigenvalue weighted by molar-refractivity contribution is 7.09. The van der Waals surface area contributed by atoms with Gasteiger partial charge in [0.25, 0.3) is 0 Å². The molecule has 0 aliphatic carbocycles. The fourth-order valence-electron chi connectivity index (χ4n) is 1.78. The van der Waals surface area contributed by atoms with Crippen molar-refractivity contribution < 1.29 is 4.74 Å². The van der Waals surface area contributed by atoms with Crippen LogP contribution in [0.4, 0.5) is 0 Å². The molecule has 0 aliphatic rings. The van der Waals surface area contributed by atoms with E-state index in [4.69, 9.17) is 4.74 Å². The first-order chi connectivity index (χ1) is 8.85. The maximum atomic E-state index is 5.36. The number of ether oxygens (including phenoxy) is 1. The van der Waals surface area contributed by atoms with E-state index in [9.17, 15) is 0 Å². The van der Waals surface area contributed by atoms with E-state index in [-0.39, 0.29) is 0 Å². The average molecular weight is 262 g/mol. The zero-order chi connectivity index (χ0) is 12.8. The van der Waals surface area contributed by atoms with Crippen molar-refractivity contribution in [2.24, 2.45) is 0 Å². The molecule has 2 aromatic rings. The van der Waals surface area contributed by atoms with Crippen LogP contribution in [0, 0.1) is 0 Å². The molecule has 0 radical (unpaired) electrons. The Morgan fingerprint density at radius 2 is 2.17 bits per heavy atom. The summed E-state index contributed by atoms with van der Waals surface area (Å²) in [6, 6.07) is 7.99. The van der Waals surface area contributed by atoms with E-state index in [1.165, 1.54) is 0 Å². The molecule has 2 rings (SSSR count). The van der Waals surface area contributed by atoms with E-state index >= 15 is 0 Å². The minimum Gasteiger partial charge on any atom is -0.496 e. The summed E-state index contributed by atoms with van der Waals surface area (Å²) in [6.45, 7) is 4.10. The maximum absolute atomic E-state index is 5.36. The predicted octanol–water partition coefficient (Wildman–Crippen LogP) is 2.97. The van der Waals surface area contributed by atoms with E-state index in [2.05, 4.69) is 22.6 Å². The first-order valence-electron chi connectivity index (χ1n) is 6.13. The molecule has 1 heterocycles. The third kappa shape index (κ3) is 3.09. The molecule has 0 bridgehead atoms. The Balaban J connectivity index is 2.13. The zero-order valence-corrected chi connectivity index (χ0v) is 11.6. The Bertz CT molecular complexity index is 496. The highest BCUT2D eigenvalue weighted by Gasteiger charge is 2.08. The fraction of sp³-hybridized carbons (Fsp3) is 0.357. The topological polar surface area (TPSA) is 34.2 Å². The number of likely N-dealkylation sites (N-methyl/N-ethyl adjacent to an activating group) is 1. The van der Waals surface area contributed by atoms with Crippen molar-refractivity contribution in [1.29, 1.82) is 0 Å². The van der Waals surface area contributed by atoms with Crippen molar-refractivity contribution in [2.45, 2.75) is 13.3 Å². The predicted molar refractivity (Wildman–Crippen MR) is 76.3 cm³/mol. The minimum atomic E-state index is 0.876. The largest absolute Gasteiger partial charge is 0.496 e. The van der Waals surface area contributed by atoms with Crippen molar-refractivity contribution in [3.63, 3.8) is 0 Å². The van der Waals surface area contributed by atoms with Crippen molar-refractivity contribution in [3.8, 4) is 17.0 Å². The molecule has 1 N–H and O–H groups in total. The highest BCUT2D eigenvalue weighted by atomic mass is 32.1. The lowest BCUT2D eigenvalue weighted by atomic mass is 10.1. The lowest BCUT2D eigenvalue weighted by Gasteiger charge is -2.04. The third-order valence-electron chi connectivity index (χ3n) is 2.70.